The predicted octanol–water partition coefficient (Wildman–Crippen LogP) is 0.720. The average Bonchev–Trinajstić information content (AvgIpc) is 2.39. The molecule has 0 radical (unpaired) electrons. The molecule has 100 valence electrons. The number of nitrogens with two attached hydrogens (primary N) is 1. The van der Waals surface area contributed by atoms with Gasteiger partial charge in [0.25, 0.3) is 10.0 Å². The van der Waals surface area contributed by atoms with Crippen molar-refractivity contribution in [2.45, 2.75) is 4.90 Å². The smallest absolute Gasteiger partial charge is 0.266 e. The second-order valence-electron chi connectivity index (χ2n) is 3.36. The summed E-state index contributed by atoms with van der Waals surface area (Å²) in [4.78, 5) is 3.76. The van der Waals surface area contributed by atoms with Gasteiger partial charge in [0.05, 0.1) is 0 Å². The van der Waals surface area contributed by atoms with Gasteiger partial charge in [-0.05, 0) is 34.1 Å². The van der Waals surface area contributed by atoms with Crippen molar-refractivity contribution >= 4 is 37.6 Å². The molecule has 10 heteroatoms. The summed E-state index contributed by atoms with van der Waals surface area (Å²) in [5, 5.41) is 7.22. The summed E-state index contributed by atoms with van der Waals surface area (Å²) in [6, 6.07) is 4.42. The van der Waals surface area contributed by atoms with Crippen LogP contribution in [0.3, 0.4) is 0 Å². The fourth-order valence-corrected chi connectivity index (χ4v) is 2.91. The molecule has 0 unspecified atom stereocenters. The summed E-state index contributed by atoms with van der Waals surface area (Å²) >= 11 is 3.15. The predicted molar refractivity (Wildman–Crippen MR) is 72.6 cm³/mol. The molecule has 0 saturated heterocycles. The Bertz CT molecular complexity index is 678. The number of rotatable bonds is 4. The van der Waals surface area contributed by atoms with E-state index in [1.54, 1.807) is 6.07 Å². The van der Waals surface area contributed by atoms with Gasteiger partial charge in [0.2, 0.25) is 0 Å². The van der Waals surface area contributed by atoms with E-state index in [0.717, 1.165) is 0 Å². The lowest BCUT2D eigenvalue weighted by Gasteiger charge is -2.10. The van der Waals surface area contributed by atoms with Crippen molar-refractivity contribution in [1.29, 1.82) is 0 Å². The second kappa shape index (κ2) is 5.47. The molecule has 2 aromatic rings. The molecule has 0 aliphatic carbocycles. The zero-order valence-electron chi connectivity index (χ0n) is 9.41. The first-order chi connectivity index (χ1) is 9.03. The summed E-state index contributed by atoms with van der Waals surface area (Å²) in [5.41, 5.74) is 2.23. The van der Waals surface area contributed by atoms with Crippen molar-refractivity contribution in [2.24, 2.45) is 5.84 Å². The van der Waals surface area contributed by atoms with E-state index in [4.69, 9.17) is 5.84 Å². The third-order valence-corrected chi connectivity index (χ3v) is 3.86. The van der Waals surface area contributed by atoms with Crippen molar-refractivity contribution in [3.8, 4) is 0 Å². The zero-order valence-corrected chi connectivity index (χ0v) is 11.8. The van der Waals surface area contributed by atoms with Crippen LogP contribution in [0.15, 0.2) is 40.0 Å². The summed E-state index contributed by atoms with van der Waals surface area (Å²) in [6.45, 7) is 0. The summed E-state index contributed by atoms with van der Waals surface area (Å²) < 4.78 is 27.2. The third kappa shape index (κ3) is 3.16. The lowest BCUT2D eigenvalue weighted by molar-refractivity contribution is 0.600. The highest BCUT2D eigenvalue weighted by Crippen LogP contribution is 2.23. The van der Waals surface area contributed by atoms with E-state index >= 15 is 0 Å². The minimum atomic E-state index is -3.87. The van der Waals surface area contributed by atoms with Crippen LogP contribution in [-0.2, 0) is 10.0 Å². The molecule has 8 nitrogen and oxygen atoms in total. The molecule has 19 heavy (non-hydrogen) atoms. The number of halogens is 1. The van der Waals surface area contributed by atoms with E-state index in [-0.39, 0.29) is 16.5 Å². The lowest BCUT2D eigenvalue weighted by Crippen LogP contribution is -2.19. The quantitative estimate of drug-likeness (QED) is 0.551. The number of sulfonamides is 1. The number of hydrazine groups is 1. The molecule has 0 spiro atoms. The maximum absolute atomic E-state index is 12.2. The number of hydrogen-bond donors (Lipinski definition) is 3. The fraction of sp³-hybridized carbons (Fsp3) is 0. The maximum atomic E-state index is 12.2. The van der Waals surface area contributed by atoms with E-state index in [1.165, 1.54) is 24.5 Å². The molecular formula is C9H9BrN6O2S. The normalized spacial score (nSPS) is 11.1. The molecule has 2 rings (SSSR count). The van der Waals surface area contributed by atoms with Crippen LogP contribution in [-0.4, -0.2) is 23.6 Å². The van der Waals surface area contributed by atoms with Crippen LogP contribution in [0.25, 0.3) is 0 Å². The Kier molecular flexibility index (Phi) is 3.93. The Labute approximate surface area is 117 Å². The van der Waals surface area contributed by atoms with Crippen molar-refractivity contribution in [3.63, 3.8) is 0 Å². The Morgan fingerprint density at radius 2 is 2.16 bits per heavy atom. The Morgan fingerprint density at radius 1 is 1.37 bits per heavy atom. The number of nitrogens with zero attached hydrogens (tertiary/aromatic N) is 3. The second-order valence-corrected chi connectivity index (χ2v) is 5.93. The van der Waals surface area contributed by atoms with Gasteiger partial charge in [-0.3, -0.25) is 4.72 Å². The SMILES string of the molecule is NNc1ncc(Br)cc1S(=O)(=O)Nc1cccnn1. The molecule has 0 aliphatic heterocycles. The molecule has 0 bridgehead atoms. The van der Waals surface area contributed by atoms with Crippen LogP contribution in [0.1, 0.15) is 0 Å². The van der Waals surface area contributed by atoms with Crippen molar-refractivity contribution in [1.82, 2.24) is 15.2 Å². The van der Waals surface area contributed by atoms with Gasteiger partial charge < -0.3 is 5.43 Å². The van der Waals surface area contributed by atoms with Crippen molar-refractivity contribution in [3.05, 3.63) is 35.1 Å². The van der Waals surface area contributed by atoms with Gasteiger partial charge in [-0.2, -0.15) is 5.10 Å². The third-order valence-electron chi connectivity index (χ3n) is 2.06. The Hall–Kier alpha value is -1.78. The monoisotopic (exact) mass is 344 g/mol. The van der Waals surface area contributed by atoms with Gasteiger partial charge in [0.1, 0.15) is 4.90 Å². The van der Waals surface area contributed by atoms with Crippen LogP contribution in [0.4, 0.5) is 11.6 Å². The zero-order chi connectivity index (χ0) is 13.9. The van der Waals surface area contributed by atoms with Crippen LogP contribution >= 0.6 is 15.9 Å². The molecule has 0 aliphatic rings. The average molecular weight is 345 g/mol. The number of aromatic nitrogens is 3. The number of anilines is 2. The summed E-state index contributed by atoms with van der Waals surface area (Å²) in [6.07, 6.45) is 2.86. The highest BCUT2D eigenvalue weighted by Gasteiger charge is 2.20. The maximum Gasteiger partial charge on any atom is 0.266 e. The highest BCUT2D eigenvalue weighted by atomic mass is 79.9. The fourth-order valence-electron chi connectivity index (χ4n) is 1.28. The van der Waals surface area contributed by atoms with Gasteiger partial charge in [-0.1, -0.05) is 0 Å². The molecule has 0 saturated carbocycles. The van der Waals surface area contributed by atoms with Gasteiger partial charge in [-0.25, -0.2) is 19.2 Å². The van der Waals surface area contributed by atoms with Gasteiger partial charge in [0, 0.05) is 16.9 Å². The van der Waals surface area contributed by atoms with Gasteiger partial charge >= 0.3 is 0 Å². The number of hydrogen-bond acceptors (Lipinski definition) is 7. The first-order valence-electron chi connectivity index (χ1n) is 4.95. The molecule has 2 aromatic heterocycles. The summed E-state index contributed by atoms with van der Waals surface area (Å²) in [5.74, 6) is 5.37. The molecule has 0 atom stereocenters. The first kappa shape index (κ1) is 13.6. The Morgan fingerprint density at radius 3 is 2.79 bits per heavy atom. The molecule has 0 aromatic carbocycles. The van der Waals surface area contributed by atoms with E-state index < -0.39 is 10.0 Å². The van der Waals surface area contributed by atoms with Gasteiger partial charge in [0.15, 0.2) is 11.6 Å². The van der Waals surface area contributed by atoms with Crippen LogP contribution < -0.4 is 16.0 Å². The van der Waals surface area contributed by atoms with Crippen molar-refractivity contribution in [2.75, 3.05) is 10.1 Å². The molecule has 2 heterocycles. The molecule has 0 fully saturated rings. The summed E-state index contributed by atoms with van der Waals surface area (Å²) in [7, 11) is -3.87. The minimum absolute atomic E-state index is 0.0274. The number of nitrogen functional groups attached to an aromatic ring is 1. The van der Waals surface area contributed by atoms with Crippen molar-refractivity contribution < 1.29 is 8.42 Å². The molecule has 0 amide bonds. The topological polar surface area (TPSA) is 123 Å². The van der Waals surface area contributed by atoms with E-state index in [2.05, 4.69) is 41.3 Å². The highest BCUT2D eigenvalue weighted by molar-refractivity contribution is 9.10. The first-order valence-corrected chi connectivity index (χ1v) is 7.23. The molecular weight excluding hydrogens is 336 g/mol. The van der Waals surface area contributed by atoms with Crippen LogP contribution in [0, 0.1) is 0 Å². The lowest BCUT2D eigenvalue weighted by atomic mass is 10.5. The standard InChI is InChI=1S/C9H9BrN6O2S/c10-6-4-7(9(14-11)12-5-6)19(17,18)16-8-2-1-3-13-15-8/h1-5H,11H2,(H,12,14)(H,15,16). The van der Waals surface area contributed by atoms with E-state index in [0.29, 0.717) is 4.47 Å². The van der Waals surface area contributed by atoms with Crippen LogP contribution in [0.2, 0.25) is 0 Å². The largest absolute Gasteiger partial charge is 0.307 e. The van der Waals surface area contributed by atoms with E-state index in [1.807, 2.05) is 0 Å². The minimum Gasteiger partial charge on any atom is -0.307 e. The van der Waals surface area contributed by atoms with E-state index in [9.17, 15) is 8.42 Å². The Balaban J connectivity index is 2.42. The van der Waals surface area contributed by atoms with Gasteiger partial charge in [-0.15, -0.1) is 5.10 Å². The number of pyridine rings is 1. The van der Waals surface area contributed by atoms with Crippen LogP contribution in [0.5, 0.6) is 0 Å². The number of nitrogens with one attached hydrogen (secondary N) is 2. The molecule has 4 N–H and O–H groups in total.